The fraction of sp³-hybridized carbons (Fsp3) is 0.333. The van der Waals surface area contributed by atoms with Crippen molar-refractivity contribution in [2.75, 3.05) is 6.54 Å². The van der Waals surface area contributed by atoms with E-state index in [9.17, 15) is 13.2 Å². The van der Waals surface area contributed by atoms with Crippen molar-refractivity contribution in [2.45, 2.75) is 13.3 Å². The predicted octanol–water partition coefficient (Wildman–Crippen LogP) is 1.91. The SMILES string of the molecule is Cc1c(F)cc(CCN)c(F)c1F. The molecule has 0 aliphatic rings. The van der Waals surface area contributed by atoms with E-state index in [2.05, 4.69) is 0 Å². The first-order valence-electron chi connectivity index (χ1n) is 3.91. The largest absolute Gasteiger partial charge is 0.330 e. The summed E-state index contributed by atoms with van der Waals surface area (Å²) < 4.78 is 38.8. The highest BCUT2D eigenvalue weighted by atomic mass is 19.2. The molecule has 1 rings (SSSR count). The molecule has 0 atom stereocenters. The molecular formula is C9H10F3N. The maximum absolute atomic E-state index is 13.0. The van der Waals surface area contributed by atoms with E-state index >= 15 is 0 Å². The van der Waals surface area contributed by atoms with E-state index < -0.39 is 17.5 Å². The van der Waals surface area contributed by atoms with Gasteiger partial charge >= 0.3 is 0 Å². The monoisotopic (exact) mass is 189 g/mol. The van der Waals surface area contributed by atoms with Gasteiger partial charge in [-0.05, 0) is 31.5 Å². The van der Waals surface area contributed by atoms with Crippen LogP contribution in [0.3, 0.4) is 0 Å². The molecule has 0 radical (unpaired) electrons. The Morgan fingerprint density at radius 3 is 2.38 bits per heavy atom. The summed E-state index contributed by atoms with van der Waals surface area (Å²) in [7, 11) is 0. The Hall–Kier alpha value is -1.03. The molecule has 0 amide bonds. The molecule has 0 bridgehead atoms. The lowest BCUT2D eigenvalue weighted by molar-refractivity contribution is 0.476. The van der Waals surface area contributed by atoms with Gasteiger partial charge in [-0.1, -0.05) is 0 Å². The number of rotatable bonds is 2. The molecule has 0 fully saturated rings. The third-order valence-electron chi connectivity index (χ3n) is 1.88. The summed E-state index contributed by atoms with van der Waals surface area (Å²) in [5, 5.41) is 0. The van der Waals surface area contributed by atoms with Crippen LogP contribution in [0.5, 0.6) is 0 Å². The Balaban J connectivity index is 3.24. The second-order valence-corrected chi connectivity index (χ2v) is 2.81. The zero-order valence-electron chi connectivity index (χ0n) is 7.20. The lowest BCUT2D eigenvalue weighted by Gasteiger charge is -2.05. The van der Waals surface area contributed by atoms with Gasteiger partial charge in [-0.25, -0.2) is 13.2 Å². The summed E-state index contributed by atoms with van der Waals surface area (Å²) in [6.45, 7) is 1.36. The standard InChI is InChI=1S/C9H10F3N/c1-5-7(10)4-6(2-3-13)9(12)8(5)11/h4H,2-3,13H2,1H3. The molecule has 0 heterocycles. The van der Waals surface area contributed by atoms with Gasteiger partial charge in [0.15, 0.2) is 11.6 Å². The van der Waals surface area contributed by atoms with Crippen LogP contribution in [0.15, 0.2) is 6.07 Å². The molecule has 1 aromatic carbocycles. The van der Waals surface area contributed by atoms with Crippen LogP contribution in [-0.2, 0) is 6.42 Å². The van der Waals surface area contributed by atoms with Crippen molar-refractivity contribution < 1.29 is 13.2 Å². The van der Waals surface area contributed by atoms with Gasteiger partial charge in [-0.2, -0.15) is 0 Å². The molecular weight excluding hydrogens is 179 g/mol. The second kappa shape index (κ2) is 3.79. The van der Waals surface area contributed by atoms with Gasteiger partial charge in [-0.15, -0.1) is 0 Å². The third-order valence-corrected chi connectivity index (χ3v) is 1.88. The Bertz CT molecular complexity index is 323. The van der Waals surface area contributed by atoms with Crippen molar-refractivity contribution >= 4 is 0 Å². The summed E-state index contributed by atoms with van der Waals surface area (Å²) in [6, 6.07) is 0.987. The minimum Gasteiger partial charge on any atom is -0.330 e. The zero-order chi connectivity index (χ0) is 10.0. The van der Waals surface area contributed by atoms with Crippen molar-refractivity contribution in [2.24, 2.45) is 5.73 Å². The van der Waals surface area contributed by atoms with Crippen LogP contribution in [0.2, 0.25) is 0 Å². The van der Waals surface area contributed by atoms with E-state index in [1.165, 1.54) is 6.92 Å². The number of nitrogens with two attached hydrogens (primary N) is 1. The van der Waals surface area contributed by atoms with E-state index in [0.29, 0.717) is 0 Å². The molecule has 0 unspecified atom stereocenters. The van der Waals surface area contributed by atoms with E-state index in [1.54, 1.807) is 0 Å². The number of benzene rings is 1. The molecule has 0 aliphatic heterocycles. The first-order chi connectivity index (χ1) is 6.07. The molecule has 0 spiro atoms. The van der Waals surface area contributed by atoms with Crippen LogP contribution in [0, 0.1) is 24.4 Å². The molecule has 0 saturated heterocycles. The van der Waals surface area contributed by atoms with Crippen LogP contribution >= 0.6 is 0 Å². The Morgan fingerprint density at radius 2 is 1.85 bits per heavy atom. The summed E-state index contributed by atoms with van der Waals surface area (Å²) in [5.74, 6) is -2.85. The average molecular weight is 189 g/mol. The van der Waals surface area contributed by atoms with Crippen molar-refractivity contribution in [1.29, 1.82) is 0 Å². The topological polar surface area (TPSA) is 26.0 Å². The quantitative estimate of drug-likeness (QED) is 0.706. The van der Waals surface area contributed by atoms with Gasteiger partial charge in [0.1, 0.15) is 5.82 Å². The highest BCUT2D eigenvalue weighted by Gasteiger charge is 2.14. The first-order valence-corrected chi connectivity index (χ1v) is 3.91. The Morgan fingerprint density at radius 1 is 1.23 bits per heavy atom. The Kier molecular flexibility index (Phi) is 2.93. The summed E-state index contributed by atoms with van der Waals surface area (Å²) in [5.41, 5.74) is 4.85. The minimum atomic E-state index is -1.12. The van der Waals surface area contributed by atoms with Crippen LogP contribution in [-0.4, -0.2) is 6.54 Å². The maximum atomic E-state index is 13.0. The second-order valence-electron chi connectivity index (χ2n) is 2.81. The first kappa shape index (κ1) is 10.1. The zero-order valence-corrected chi connectivity index (χ0v) is 7.20. The average Bonchev–Trinajstić information content (AvgIpc) is 2.11. The normalized spacial score (nSPS) is 10.5. The summed E-state index contributed by atoms with van der Waals surface area (Å²) in [4.78, 5) is 0. The number of hydrogen-bond acceptors (Lipinski definition) is 1. The van der Waals surface area contributed by atoms with Crippen molar-refractivity contribution in [1.82, 2.24) is 0 Å². The molecule has 4 heteroatoms. The molecule has 0 saturated carbocycles. The van der Waals surface area contributed by atoms with Gasteiger partial charge in [-0.3, -0.25) is 0 Å². The molecule has 2 N–H and O–H groups in total. The molecule has 0 aliphatic carbocycles. The third kappa shape index (κ3) is 1.83. The van der Waals surface area contributed by atoms with Crippen LogP contribution in [0.25, 0.3) is 0 Å². The van der Waals surface area contributed by atoms with Gasteiger partial charge < -0.3 is 5.73 Å². The van der Waals surface area contributed by atoms with E-state index in [0.717, 1.165) is 6.07 Å². The lowest BCUT2D eigenvalue weighted by atomic mass is 10.1. The van der Waals surface area contributed by atoms with E-state index in [4.69, 9.17) is 5.73 Å². The molecule has 72 valence electrons. The molecule has 13 heavy (non-hydrogen) atoms. The van der Waals surface area contributed by atoms with E-state index in [1.807, 2.05) is 0 Å². The predicted molar refractivity (Wildman–Crippen MR) is 43.8 cm³/mol. The fourth-order valence-electron chi connectivity index (χ4n) is 1.07. The smallest absolute Gasteiger partial charge is 0.164 e. The van der Waals surface area contributed by atoms with Crippen molar-refractivity contribution in [3.8, 4) is 0 Å². The fourth-order valence-corrected chi connectivity index (χ4v) is 1.07. The highest BCUT2D eigenvalue weighted by molar-refractivity contribution is 5.27. The lowest BCUT2D eigenvalue weighted by Crippen LogP contribution is -2.07. The van der Waals surface area contributed by atoms with E-state index in [-0.39, 0.29) is 24.1 Å². The summed E-state index contributed by atoms with van der Waals surface area (Å²) in [6.07, 6.45) is 0.139. The molecule has 1 nitrogen and oxygen atoms in total. The van der Waals surface area contributed by atoms with Crippen molar-refractivity contribution in [3.63, 3.8) is 0 Å². The number of halogens is 3. The highest BCUT2D eigenvalue weighted by Crippen LogP contribution is 2.19. The van der Waals surface area contributed by atoms with Gasteiger partial charge in [0.05, 0.1) is 0 Å². The number of hydrogen-bond donors (Lipinski definition) is 1. The Labute approximate surface area is 74.4 Å². The van der Waals surface area contributed by atoms with Crippen LogP contribution in [0.1, 0.15) is 11.1 Å². The van der Waals surface area contributed by atoms with Gasteiger partial charge in [0.25, 0.3) is 0 Å². The van der Waals surface area contributed by atoms with Gasteiger partial charge in [0, 0.05) is 5.56 Å². The van der Waals surface area contributed by atoms with Crippen LogP contribution < -0.4 is 5.73 Å². The summed E-state index contributed by atoms with van der Waals surface area (Å²) >= 11 is 0. The van der Waals surface area contributed by atoms with Gasteiger partial charge in [0.2, 0.25) is 0 Å². The van der Waals surface area contributed by atoms with Crippen molar-refractivity contribution in [3.05, 3.63) is 34.6 Å². The minimum absolute atomic E-state index is 0.0110. The molecule has 0 aromatic heterocycles. The maximum Gasteiger partial charge on any atom is 0.164 e. The van der Waals surface area contributed by atoms with Crippen LogP contribution in [0.4, 0.5) is 13.2 Å². The molecule has 1 aromatic rings.